The molecule has 3 saturated carbocycles. The van der Waals surface area contributed by atoms with Crippen LogP contribution in [0, 0.1) is 62.6 Å². The second-order valence-electron chi connectivity index (χ2n) is 22.4. The number of rotatable bonds is 14. The number of fused-ring (bicyclic) bond motifs is 3. The molecular formula is C53H77N5O6. The molecule has 1 unspecified atom stereocenters. The first-order valence-electron chi connectivity index (χ1n) is 24.1. The fourth-order valence-electron chi connectivity index (χ4n) is 14.2. The highest BCUT2D eigenvalue weighted by molar-refractivity contribution is 5.75. The number of methoxy groups -OCH3 is 2. The molecule has 3 heterocycles. The van der Waals surface area contributed by atoms with Crippen LogP contribution in [-0.4, -0.2) is 78.4 Å². The summed E-state index contributed by atoms with van der Waals surface area (Å²) >= 11 is 0. The standard InChI is InChI=1S/C53H77N5O6/c1-33(2)35(5)48(6)23-24-50(8)39-18-19-42-49(7)29-62-31-53(42,40(39)20-22-51(50,9)44(48)47(59)63-28-36-14-16-38(60-12)17-15-36)27-41(45(49)64-30-52(10,54-11)34(3)4)58-46(56-32-57-58)37-21-25-55-43(26-37)61-13/h14-17,20-21,25-26,32-35,39,41-42,44-45,54H,18-19,22-24,27-31H2,1-13H3/t35-,39+,41-,42+,44-,45+,48-,49?,50-,51+,52+,53+/m1/s1. The maximum absolute atomic E-state index is 15.1. The van der Waals surface area contributed by atoms with E-state index in [1.165, 1.54) is 0 Å². The van der Waals surface area contributed by atoms with Gasteiger partial charge in [0.1, 0.15) is 18.7 Å². The van der Waals surface area contributed by atoms with Gasteiger partial charge in [-0.3, -0.25) is 4.79 Å². The third kappa shape index (κ3) is 7.24. The number of hydrogen-bond donors (Lipinski definition) is 1. The number of hydrogen-bond acceptors (Lipinski definition) is 10. The number of likely N-dealkylation sites (N-methyl/N-ethyl adjacent to an activating group) is 1. The smallest absolute Gasteiger partial charge is 0.310 e. The molecule has 2 aromatic heterocycles. The Morgan fingerprint density at radius 2 is 1.72 bits per heavy atom. The molecule has 8 rings (SSSR count). The van der Waals surface area contributed by atoms with Gasteiger partial charge >= 0.3 is 5.97 Å². The topological polar surface area (TPSA) is 119 Å². The molecule has 5 aliphatic rings. The summed E-state index contributed by atoms with van der Waals surface area (Å²) in [6.45, 7) is 25.7. The molecule has 64 heavy (non-hydrogen) atoms. The number of pyridine rings is 1. The summed E-state index contributed by atoms with van der Waals surface area (Å²) in [6, 6.07) is 11.7. The lowest BCUT2D eigenvalue weighted by molar-refractivity contribution is -0.253. The fourth-order valence-corrected chi connectivity index (χ4v) is 14.2. The molecule has 0 amide bonds. The van der Waals surface area contributed by atoms with Crippen LogP contribution in [0.15, 0.2) is 60.6 Å². The Bertz CT molecular complexity index is 2190. The van der Waals surface area contributed by atoms with Crippen molar-refractivity contribution in [1.29, 1.82) is 0 Å². The van der Waals surface area contributed by atoms with Gasteiger partial charge in [0.05, 0.1) is 52.1 Å². The van der Waals surface area contributed by atoms with E-state index in [2.05, 4.69) is 90.3 Å². The van der Waals surface area contributed by atoms with E-state index in [9.17, 15) is 0 Å². The Kier molecular flexibility index (Phi) is 12.5. The van der Waals surface area contributed by atoms with Gasteiger partial charge in [0.2, 0.25) is 5.88 Å². The monoisotopic (exact) mass is 880 g/mol. The zero-order valence-corrected chi connectivity index (χ0v) is 41.1. The van der Waals surface area contributed by atoms with E-state index in [0.717, 1.165) is 61.2 Å². The molecule has 11 heteroatoms. The van der Waals surface area contributed by atoms with Crippen LogP contribution in [-0.2, 0) is 25.6 Å². The number of benzene rings is 1. The highest BCUT2D eigenvalue weighted by Gasteiger charge is 2.72. The van der Waals surface area contributed by atoms with Gasteiger partial charge < -0.3 is 29.0 Å². The lowest BCUT2D eigenvalue weighted by Gasteiger charge is -2.71. The van der Waals surface area contributed by atoms with Crippen molar-refractivity contribution in [2.75, 3.05) is 41.1 Å². The fraction of sp³-hybridized carbons (Fsp3) is 0.698. The summed E-state index contributed by atoms with van der Waals surface area (Å²) in [6.07, 6.45) is 11.7. The summed E-state index contributed by atoms with van der Waals surface area (Å²) in [5.74, 6) is 3.51. The minimum absolute atomic E-state index is 0.0596. The second-order valence-corrected chi connectivity index (χ2v) is 22.4. The number of nitrogens with one attached hydrogen (secondary N) is 1. The van der Waals surface area contributed by atoms with Gasteiger partial charge in [-0.25, -0.2) is 14.6 Å². The van der Waals surface area contributed by atoms with E-state index in [1.807, 2.05) is 43.4 Å². The number of esters is 1. The molecule has 11 nitrogen and oxygen atoms in total. The molecule has 3 aromatic rings. The number of nitrogens with zero attached hydrogens (tertiary/aromatic N) is 4. The number of carbonyl (C=O) groups is 1. The van der Waals surface area contributed by atoms with Gasteiger partial charge in [-0.2, -0.15) is 5.10 Å². The first-order valence-corrected chi connectivity index (χ1v) is 24.1. The van der Waals surface area contributed by atoms with Crippen LogP contribution < -0.4 is 14.8 Å². The Morgan fingerprint density at radius 1 is 0.969 bits per heavy atom. The minimum atomic E-state index is -0.329. The lowest BCUT2D eigenvalue weighted by atomic mass is 9.34. The van der Waals surface area contributed by atoms with E-state index in [1.54, 1.807) is 32.3 Å². The first-order chi connectivity index (χ1) is 30.4. The molecule has 12 atom stereocenters. The van der Waals surface area contributed by atoms with Gasteiger partial charge in [0.15, 0.2) is 5.82 Å². The number of carbonyl (C=O) groups excluding carboxylic acids is 1. The van der Waals surface area contributed by atoms with E-state index in [-0.39, 0.29) is 69.2 Å². The second kappa shape index (κ2) is 17.1. The molecule has 0 spiro atoms. The molecule has 1 aliphatic heterocycles. The first kappa shape index (κ1) is 46.7. The van der Waals surface area contributed by atoms with Crippen molar-refractivity contribution in [2.24, 2.45) is 62.6 Å². The third-order valence-corrected chi connectivity index (χ3v) is 19.1. The summed E-state index contributed by atoms with van der Waals surface area (Å²) in [5, 5.41) is 8.67. The van der Waals surface area contributed by atoms with Crippen molar-refractivity contribution in [3.8, 4) is 23.0 Å². The van der Waals surface area contributed by atoms with Gasteiger partial charge in [-0.1, -0.05) is 86.1 Å². The van der Waals surface area contributed by atoms with Crippen LogP contribution in [0.4, 0.5) is 0 Å². The maximum Gasteiger partial charge on any atom is 0.310 e. The molecule has 1 N–H and O–H groups in total. The quantitative estimate of drug-likeness (QED) is 0.124. The number of aromatic nitrogens is 4. The Balaban J connectivity index is 1.22. The van der Waals surface area contributed by atoms with E-state index >= 15 is 4.79 Å². The van der Waals surface area contributed by atoms with Crippen LogP contribution in [0.1, 0.15) is 119 Å². The zero-order chi connectivity index (χ0) is 46.0. The molecule has 1 aromatic carbocycles. The van der Waals surface area contributed by atoms with Gasteiger partial charge in [-0.05, 0) is 122 Å². The van der Waals surface area contributed by atoms with Crippen molar-refractivity contribution >= 4 is 5.97 Å². The van der Waals surface area contributed by atoms with Crippen molar-refractivity contribution < 1.29 is 28.5 Å². The van der Waals surface area contributed by atoms with E-state index in [0.29, 0.717) is 49.4 Å². The molecule has 2 bridgehead atoms. The molecule has 1 saturated heterocycles. The third-order valence-electron chi connectivity index (χ3n) is 19.1. The van der Waals surface area contributed by atoms with Crippen LogP contribution in [0.3, 0.4) is 0 Å². The number of allylic oxidation sites excluding steroid dienone is 1. The van der Waals surface area contributed by atoms with Crippen molar-refractivity contribution in [3.05, 3.63) is 66.1 Å². The van der Waals surface area contributed by atoms with Crippen LogP contribution in [0.5, 0.6) is 11.6 Å². The maximum atomic E-state index is 15.1. The van der Waals surface area contributed by atoms with Crippen LogP contribution in [0.25, 0.3) is 11.4 Å². The number of ether oxygens (including phenoxy) is 5. The molecule has 0 radical (unpaired) electrons. The average Bonchev–Trinajstić information content (AvgIpc) is 3.78. The average molecular weight is 880 g/mol. The summed E-state index contributed by atoms with van der Waals surface area (Å²) < 4.78 is 33.9. The van der Waals surface area contributed by atoms with Crippen LogP contribution >= 0.6 is 0 Å². The van der Waals surface area contributed by atoms with Gasteiger partial charge in [0.25, 0.3) is 0 Å². The van der Waals surface area contributed by atoms with E-state index < -0.39 is 0 Å². The molecule has 350 valence electrons. The highest BCUT2D eigenvalue weighted by Crippen LogP contribution is 2.75. The van der Waals surface area contributed by atoms with Gasteiger partial charge in [-0.15, -0.1) is 0 Å². The minimum Gasteiger partial charge on any atom is -0.497 e. The molecule has 4 fully saturated rings. The Labute approximate surface area is 383 Å². The van der Waals surface area contributed by atoms with E-state index in [4.69, 9.17) is 33.8 Å². The van der Waals surface area contributed by atoms with Crippen LogP contribution in [0.2, 0.25) is 0 Å². The SMILES string of the molecule is CN[C@@](C)(CO[C@H]1[C@H](n2ncnc2-c2ccnc(OC)c2)C[C@@]23COCC1(C)[C@@H]2CC[C@H]1C3=CC[C@@]2(C)[C@H](C(=O)OCc3ccc(OC)cc3)[C@@](C)([C@H](C)C(C)C)CC[C@]12C)C(C)C. The summed E-state index contributed by atoms with van der Waals surface area (Å²) in [4.78, 5) is 24.4. The van der Waals surface area contributed by atoms with Crippen molar-refractivity contribution in [1.82, 2.24) is 25.1 Å². The summed E-state index contributed by atoms with van der Waals surface area (Å²) in [5.41, 5.74) is 1.91. The van der Waals surface area contributed by atoms with Gasteiger partial charge in [0, 0.05) is 34.2 Å². The Hall–Kier alpha value is -3.80. The summed E-state index contributed by atoms with van der Waals surface area (Å²) in [7, 11) is 5.35. The Morgan fingerprint density at radius 3 is 2.39 bits per heavy atom. The van der Waals surface area contributed by atoms with Crippen molar-refractivity contribution in [3.63, 3.8) is 0 Å². The molecule has 4 aliphatic carbocycles. The predicted molar refractivity (Wildman–Crippen MR) is 250 cm³/mol. The predicted octanol–water partition coefficient (Wildman–Crippen LogP) is 10.2. The largest absolute Gasteiger partial charge is 0.497 e. The lowest BCUT2D eigenvalue weighted by Crippen LogP contribution is -2.69. The van der Waals surface area contributed by atoms with Crippen molar-refractivity contribution in [2.45, 2.75) is 132 Å². The highest BCUT2D eigenvalue weighted by atomic mass is 16.5. The molecular weight excluding hydrogens is 803 g/mol. The zero-order valence-electron chi connectivity index (χ0n) is 41.1. The normalized spacial score (nSPS) is 35.9.